The lowest BCUT2D eigenvalue weighted by Gasteiger charge is -2.16. The number of hydrogen-bond acceptors (Lipinski definition) is 4. The first kappa shape index (κ1) is 18.5. The minimum absolute atomic E-state index is 0.192. The van der Waals surface area contributed by atoms with Gasteiger partial charge in [0.05, 0.1) is 13.7 Å². The van der Waals surface area contributed by atoms with Gasteiger partial charge in [-0.3, -0.25) is 4.79 Å². The van der Waals surface area contributed by atoms with Crippen molar-refractivity contribution in [1.82, 2.24) is 5.32 Å². The highest BCUT2D eigenvalue weighted by atomic mass is 16.5. The van der Waals surface area contributed by atoms with Crippen LogP contribution in [0.5, 0.6) is 5.75 Å². The number of nitrogens with one attached hydrogen (secondary N) is 1. The Balaban J connectivity index is 1.77. The number of methoxy groups -OCH3 is 1. The lowest BCUT2D eigenvalue weighted by molar-refractivity contribution is -0.145. The molecule has 25 heavy (non-hydrogen) atoms. The van der Waals surface area contributed by atoms with Gasteiger partial charge in [0.1, 0.15) is 11.8 Å². The van der Waals surface area contributed by atoms with Gasteiger partial charge in [-0.2, -0.15) is 0 Å². The second-order valence-corrected chi connectivity index (χ2v) is 5.60. The Morgan fingerprint density at radius 1 is 1.00 bits per heavy atom. The Labute approximate surface area is 148 Å². The zero-order valence-corrected chi connectivity index (χ0v) is 14.3. The van der Waals surface area contributed by atoms with E-state index in [0.29, 0.717) is 19.4 Å². The Kier molecular flexibility index (Phi) is 7.50. The van der Waals surface area contributed by atoms with Gasteiger partial charge in [0.2, 0.25) is 5.91 Å². The molecule has 2 aromatic rings. The van der Waals surface area contributed by atoms with Crippen molar-refractivity contribution >= 4 is 11.9 Å². The summed E-state index contributed by atoms with van der Waals surface area (Å²) < 4.78 is 10.3. The van der Waals surface area contributed by atoms with Crippen LogP contribution in [-0.2, 0) is 20.7 Å². The number of benzene rings is 2. The molecule has 5 nitrogen and oxygen atoms in total. The van der Waals surface area contributed by atoms with Crippen molar-refractivity contribution in [1.29, 1.82) is 0 Å². The van der Waals surface area contributed by atoms with Crippen molar-refractivity contribution in [2.75, 3.05) is 13.7 Å². The number of hydrogen-bond donors (Lipinski definition) is 1. The highest BCUT2D eigenvalue weighted by Gasteiger charge is 2.21. The van der Waals surface area contributed by atoms with Crippen molar-refractivity contribution in [3.8, 4) is 5.75 Å². The molecular weight excluding hydrogens is 318 g/mol. The van der Waals surface area contributed by atoms with Crippen LogP contribution in [0.2, 0.25) is 0 Å². The minimum atomic E-state index is -0.685. The Bertz CT molecular complexity index is 658. The van der Waals surface area contributed by atoms with Gasteiger partial charge in [0, 0.05) is 12.8 Å². The maximum atomic E-state index is 12.1. The molecule has 132 valence electrons. The van der Waals surface area contributed by atoms with E-state index in [1.165, 1.54) is 7.11 Å². The quantitative estimate of drug-likeness (QED) is 0.563. The molecule has 0 aromatic heterocycles. The molecule has 1 N–H and O–H groups in total. The third kappa shape index (κ3) is 6.67. The van der Waals surface area contributed by atoms with E-state index in [-0.39, 0.29) is 12.3 Å². The molecule has 0 radical (unpaired) electrons. The summed E-state index contributed by atoms with van der Waals surface area (Å²) in [5.74, 6) is 0.139. The highest BCUT2D eigenvalue weighted by Crippen LogP contribution is 2.09. The van der Waals surface area contributed by atoms with Gasteiger partial charge >= 0.3 is 5.97 Å². The maximum absolute atomic E-state index is 12.1. The molecule has 0 aliphatic carbocycles. The van der Waals surface area contributed by atoms with Gasteiger partial charge < -0.3 is 14.8 Å². The Morgan fingerprint density at radius 3 is 2.28 bits per heavy atom. The van der Waals surface area contributed by atoms with Gasteiger partial charge in [-0.05, 0) is 24.1 Å². The average Bonchev–Trinajstić information content (AvgIpc) is 2.66. The van der Waals surface area contributed by atoms with Crippen LogP contribution in [0.4, 0.5) is 0 Å². The van der Waals surface area contributed by atoms with Gasteiger partial charge in [-0.1, -0.05) is 48.5 Å². The molecule has 2 aromatic carbocycles. The third-order valence-electron chi connectivity index (χ3n) is 3.66. The van der Waals surface area contributed by atoms with E-state index in [2.05, 4.69) is 5.32 Å². The standard InChI is InChI=1S/C20H23NO4/c1-24-20(23)18(15-16-9-4-2-5-10-16)21-19(22)13-8-14-25-17-11-6-3-7-12-17/h2-7,9-12,18H,8,13-15H2,1H3,(H,21,22). The topological polar surface area (TPSA) is 64.6 Å². The zero-order chi connectivity index (χ0) is 17.9. The summed E-state index contributed by atoms with van der Waals surface area (Å²) >= 11 is 0. The number of ether oxygens (including phenoxy) is 2. The largest absolute Gasteiger partial charge is 0.494 e. The van der Waals surface area contributed by atoms with Crippen LogP contribution in [0, 0.1) is 0 Å². The van der Waals surface area contributed by atoms with Crippen LogP contribution in [0.1, 0.15) is 18.4 Å². The first-order chi connectivity index (χ1) is 12.2. The fourth-order valence-electron chi connectivity index (χ4n) is 2.39. The molecule has 1 amide bonds. The van der Waals surface area contributed by atoms with Gasteiger partial charge in [-0.15, -0.1) is 0 Å². The van der Waals surface area contributed by atoms with Gasteiger partial charge in [0.15, 0.2) is 0 Å². The number of carbonyl (C=O) groups excluding carboxylic acids is 2. The molecular formula is C20H23NO4. The average molecular weight is 341 g/mol. The van der Waals surface area contributed by atoms with E-state index >= 15 is 0 Å². The molecule has 1 atom stereocenters. The predicted molar refractivity (Wildman–Crippen MR) is 95.3 cm³/mol. The van der Waals surface area contributed by atoms with Gasteiger partial charge in [0.25, 0.3) is 0 Å². The molecule has 2 rings (SSSR count). The van der Waals surface area contributed by atoms with E-state index < -0.39 is 12.0 Å². The maximum Gasteiger partial charge on any atom is 0.328 e. The summed E-state index contributed by atoms with van der Waals surface area (Å²) in [6, 6.07) is 18.3. The third-order valence-corrected chi connectivity index (χ3v) is 3.66. The van der Waals surface area contributed by atoms with Crippen LogP contribution >= 0.6 is 0 Å². The summed E-state index contributed by atoms with van der Waals surface area (Å²) in [6.07, 6.45) is 1.26. The highest BCUT2D eigenvalue weighted by molar-refractivity contribution is 5.84. The molecule has 0 spiro atoms. The molecule has 0 saturated heterocycles. The van der Waals surface area contributed by atoms with E-state index in [1.807, 2.05) is 60.7 Å². The molecule has 0 aliphatic rings. The first-order valence-corrected chi connectivity index (χ1v) is 8.28. The fraction of sp³-hybridized carbons (Fsp3) is 0.300. The van der Waals surface area contributed by atoms with Crippen LogP contribution in [0.25, 0.3) is 0 Å². The number of carbonyl (C=O) groups is 2. The molecule has 0 aliphatic heterocycles. The second-order valence-electron chi connectivity index (χ2n) is 5.60. The molecule has 5 heteroatoms. The SMILES string of the molecule is COC(=O)C(Cc1ccccc1)NC(=O)CCCOc1ccccc1. The lowest BCUT2D eigenvalue weighted by Crippen LogP contribution is -2.43. The lowest BCUT2D eigenvalue weighted by atomic mass is 10.1. The van der Waals surface area contributed by atoms with Crippen molar-refractivity contribution < 1.29 is 19.1 Å². The predicted octanol–water partition coefficient (Wildman–Crippen LogP) is 2.75. The molecule has 1 unspecified atom stereocenters. The van der Waals surface area contributed by atoms with Crippen LogP contribution in [0.3, 0.4) is 0 Å². The number of rotatable bonds is 9. The second kappa shape index (κ2) is 10.1. The first-order valence-electron chi connectivity index (χ1n) is 8.28. The number of amides is 1. The van der Waals surface area contributed by atoms with E-state index in [1.54, 1.807) is 0 Å². The fourth-order valence-corrected chi connectivity index (χ4v) is 2.39. The summed E-state index contributed by atoms with van der Waals surface area (Å²) in [7, 11) is 1.32. The van der Waals surface area contributed by atoms with Crippen LogP contribution in [0.15, 0.2) is 60.7 Å². The van der Waals surface area contributed by atoms with Crippen LogP contribution < -0.4 is 10.1 Å². The Hall–Kier alpha value is -2.82. The number of para-hydroxylation sites is 1. The molecule has 0 fully saturated rings. The number of esters is 1. The minimum Gasteiger partial charge on any atom is -0.494 e. The van der Waals surface area contributed by atoms with Gasteiger partial charge in [-0.25, -0.2) is 4.79 Å². The van der Waals surface area contributed by atoms with Crippen molar-refractivity contribution in [2.45, 2.75) is 25.3 Å². The van der Waals surface area contributed by atoms with Crippen molar-refractivity contribution in [3.63, 3.8) is 0 Å². The van der Waals surface area contributed by atoms with Crippen molar-refractivity contribution in [2.24, 2.45) is 0 Å². The monoisotopic (exact) mass is 341 g/mol. The summed E-state index contributed by atoms with van der Waals surface area (Å²) in [4.78, 5) is 24.0. The van der Waals surface area contributed by atoms with E-state index in [0.717, 1.165) is 11.3 Å². The normalized spacial score (nSPS) is 11.4. The summed E-state index contributed by atoms with van der Waals surface area (Å²) in [5.41, 5.74) is 0.964. The zero-order valence-electron chi connectivity index (χ0n) is 14.3. The van der Waals surface area contributed by atoms with E-state index in [4.69, 9.17) is 9.47 Å². The summed E-state index contributed by atoms with van der Waals surface area (Å²) in [5, 5.41) is 2.75. The molecule has 0 saturated carbocycles. The Morgan fingerprint density at radius 2 is 1.64 bits per heavy atom. The smallest absolute Gasteiger partial charge is 0.328 e. The molecule has 0 heterocycles. The van der Waals surface area contributed by atoms with Crippen molar-refractivity contribution in [3.05, 3.63) is 66.2 Å². The van der Waals surface area contributed by atoms with E-state index in [9.17, 15) is 9.59 Å². The summed E-state index contributed by atoms with van der Waals surface area (Å²) in [6.45, 7) is 0.443. The van der Waals surface area contributed by atoms with Crippen LogP contribution in [-0.4, -0.2) is 31.6 Å². The molecule has 0 bridgehead atoms.